The van der Waals surface area contributed by atoms with Crippen molar-refractivity contribution in [1.82, 2.24) is 14.8 Å². The second kappa shape index (κ2) is 11.9. The number of para-hydroxylation sites is 2. The maximum absolute atomic E-state index is 14.8. The highest BCUT2D eigenvalue weighted by Crippen LogP contribution is 2.62. The number of likely N-dealkylation sites (N-methyl/N-ethyl adjacent to an activating group) is 1. The second-order valence-electron chi connectivity index (χ2n) is 10.8. The Labute approximate surface area is 263 Å². The van der Waals surface area contributed by atoms with E-state index in [4.69, 9.17) is 4.74 Å². The van der Waals surface area contributed by atoms with Gasteiger partial charge >= 0.3 is 0 Å². The molecule has 226 valence electrons. The summed E-state index contributed by atoms with van der Waals surface area (Å²) in [5.41, 5.74) is 0.192. The predicted molar refractivity (Wildman–Crippen MR) is 169 cm³/mol. The molecule has 4 atom stereocenters. The Morgan fingerprint density at radius 1 is 0.932 bits per heavy atom. The van der Waals surface area contributed by atoms with Crippen molar-refractivity contribution in [3.8, 4) is 11.9 Å². The summed E-state index contributed by atoms with van der Waals surface area (Å²) in [6.07, 6.45) is 1.35. The average Bonchev–Trinajstić information content (AvgIpc) is 3.29. The number of pyridine rings is 1. The lowest BCUT2D eigenvalue weighted by Gasteiger charge is -2.52. The first kappa shape index (κ1) is 30.9. The minimum absolute atomic E-state index is 0.147. The Morgan fingerprint density at radius 3 is 2.00 bits per heavy atom. The van der Waals surface area contributed by atoms with Crippen molar-refractivity contribution < 1.29 is 23.9 Å². The molecule has 2 N–H and O–H groups in total. The molecule has 1 unspecified atom stereocenters. The van der Waals surface area contributed by atoms with Gasteiger partial charge in [0, 0.05) is 37.1 Å². The Hall–Kier alpha value is -4.54. The Kier molecular flexibility index (Phi) is 8.33. The number of piperazine rings is 1. The first-order chi connectivity index (χ1) is 21.0. The number of rotatable bonds is 6. The molecule has 0 bridgehead atoms. The molecular weight excluding hydrogens is 601 g/mol. The number of hydrogen-bond acceptors (Lipinski definition) is 9. The zero-order chi connectivity index (χ0) is 31.7. The number of carbonyl (C=O) groups is 4. The van der Waals surface area contributed by atoms with Crippen LogP contribution in [0.25, 0.3) is 0 Å². The number of aromatic nitrogens is 1. The van der Waals surface area contributed by atoms with Gasteiger partial charge < -0.3 is 25.2 Å². The molecule has 44 heavy (non-hydrogen) atoms. The van der Waals surface area contributed by atoms with Gasteiger partial charge in [0.05, 0.1) is 24.6 Å². The summed E-state index contributed by atoms with van der Waals surface area (Å²) in [5.74, 6) is -0.863. The van der Waals surface area contributed by atoms with Crippen LogP contribution in [0.15, 0.2) is 79.0 Å². The normalized spacial score (nSPS) is 26.0. The fraction of sp³-hybridized carbons (Fsp3) is 0.290. The molecule has 2 saturated heterocycles. The molecule has 13 heteroatoms. The minimum Gasteiger partial charge on any atom is -0.481 e. The summed E-state index contributed by atoms with van der Waals surface area (Å²) in [6, 6.07) is 22.1. The van der Waals surface area contributed by atoms with Crippen LogP contribution in [0.5, 0.6) is 5.88 Å². The maximum atomic E-state index is 14.8. The largest absolute Gasteiger partial charge is 0.481 e. The monoisotopic (exact) mass is 630 g/mol. The molecule has 4 amide bonds. The average molecular weight is 631 g/mol. The Morgan fingerprint density at radius 2 is 1.50 bits per heavy atom. The van der Waals surface area contributed by atoms with Crippen LogP contribution in [0, 0.1) is 16.7 Å². The third kappa shape index (κ3) is 5.35. The van der Waals surface area contributed by atoms with Crippen LogP contribution in [0.4, 0.5) is 21.0 Å². The zero-order valence-corrected chi connectivity index (χ0v) is 26.1. The molecule has 3 heterocycles. The van der Waals surface area contributed by atoms with Crippen LogP contribution in [-0.4, -0.2) is 61.0 Å². The van der Waals surface area contributed by atoms with Crippen LogP contribution in [0.3, 0.4) is 0 Å². The lowest BCUT2D eigenvalue weighted by atomic mass is 9.80. The van der Waals surface area contributed by atoms with E-state index in [0.717, 1.165) is 0 Å². The lowest BCUT2D eigenvalue weighted by Crippen LogP contribution is -2.71. The van der Waals surface area contributed by atoms with E-state index in [1.165, 1.54) is 37.1 Å². The van der Waals surface area contributed by atoms with Gasteiger partial charge in [-0.2, -0.15) is 5.26 Å². The number of nitriles is 1. The van der Waals surface area contributed by atoms with Gasteiger partial charge in [-0.25, -0.2) is 4.98 Å². The Bertz CT molecular complexity index is 1640. The van der Waals surface area contributed by atoms with Crippen molar-refractivity contribution in [3.05, 3.63) is 84.6 Å². The SMILES string of the molecule is COc1ccc([C@@H]2N3C(=O)[C@](C)(SC(=O)Nc4ccccc4)N(C)C(=O)C3(SC(=O)Nc3ccccc3)C[C@]2(C)C#N)cn1. The molecule has 2 aromatic carbocycles. The van der Waals surface area contributed by atoms with E-state index in [2.05, 4.69) is 21.7 Å². The summed E-state index contributed by atoms with van der Waals surface area (Å²) in [7, 11) is 2.90. The summed E-state index contributed by atoms with van der Waals surface area (Å²) in [5, 5.41) is 14.9. The number of thioether (sulfide) groups is 2. The highest BCUT2D eigenvalue weighted by atomic mass is 32.2. The molecule has 3 aromatic rings. The standard InChI is InChI=1S/C31H30N6O5S2/c1-29(19-32)18-31(44-28(41)35-22-13-9-6-10-14-22)26(39)36(3)30(2,43-27(40)34-21-11-7-5-8-12-21)25(38)37(31)24(29)20-15-16-23(42-4)33-17-20/h5-17,24H,18H2,1-4H3,(H,34,40)(H,35,41)/t24-,29+,30-,31?/m0/s1. The molecule has 0 spiro atoms. The highest BCUT2D eigenvalue weighted by Gasteiger charge is 2.72. The van der Waals surface area contributed by atoms with E-state index in [-0.39, 0.29) is 6.42 Å². The molecule has 5 rings (SSSR count). The summed E-state index contributed by atoms with van der Waals surface area (Å²) < 4.78 is 5.20. The van der Waals surface area contributed by atoms with Crippen LogP contribution >= 0.6 is 23.5 Å². The number of nitrogens with zero attached hydrogens (tertiary/aromatic N) is 4. The van der Waals surface area contributed by atoms with Crippen molar-refractivity contribution in [1.29, 1.82) is 5.26 Å². The number of nitrogens with one attached hydrogen (secondary N) is 2. The molecule has 0 aliphatic carbocycles. The van der Waals surface area contributed by atoms with E-state index < -0.39 is 43.5 Å². The van der Waals surface area contributed by atoms with Gasteiger partial charge in [0.2, 0.25) is 5.88 Å². The molecule has 1 aromatic heterocycles. The molecule has 2 aliphatic rings. The van der Waals surface area contributed by atoms with Gasteiger partial charge in [0.1, 0.15) is 0 Å². The van der Waals surface area contributed by atoms with Gasteiger partial charge in [-0.3, -0.25) is 19.2 Å². The minimum atomic E-state index is -1.80. The third-order valence-corrected chi connectivity index (χ3v) is 10.2. The fourth-order valence-corrected chi connectivity index (χ4v) is 7.95. The highest BCUT2D eigenvalue weighted by molar-refractivity contribution is 8.16. The van der Waals surface area contributed by atoms with Gasteiger partial charge in [0.25, 0.3) is 22.3 Å². The van der Waals surface area contributed by atoms with Crippen LogP contribution in [0.2, 0.25) is 0 Å². The maximum Gasteiger partial charge on any atom is 0.286 e. The van der Waals surface area contributed by atoms with Gasteiger partial charge in [-0.15, -0.1) is 0 Å². The smallest absolute Gasteiger partial charge is 0.286 e. The first-order valence-electron chi connectivity index (χ1n) is 13.6. The fourth-order valence-electron chi connectivity index (χ4n) is 5.65. The molecular formula is C31H30N6O5S2. The van der Waals surface area contributed by atoms with E-state index in [9.17, 15) is 24.4 Å². The quantitative estimate of drug-likeness (QED) is 0.350. The van der Waals surface area contributed by atoms with Crippen molar-refractivity contribution in [2.24, 2.45) is 5.41 Å². The Balaban J connectivity index is 1.59. The van der Waals surface area contributed by atoms with E-state index in [1.807, 2.05) is 0 Å². The third-order valence-electron chi connectivity index (χ3n) is 7.89. The number of benzene rings is 2. The van der Waals surface area contributed by atoms with E-state index in [1.54, 1.807) is 79.7 Å². The number of carbonyl (C=O) groups excluding carboxylic acids is 4. The van der Waals surface area contributed by atoms with Crippen LogP contribution in [-0.2, 0) is 9.59 Å². The molecule has 2 aliphatic heterocycles. The molecule has 11 nitrogen and oxygen atoms in total. The van der Waals surface area contributed by atoms with Crippen molar-refractivity contribution in [2.45, 2.75) is 36.1 Å². The number of fused-ring (bicyclic) bond motifs is 1. The zero-order valence-electron chi connectivity index (χ0n) is 24.4. The van der Waals surface area contributed by atoms with Gasteiger partial charge in [-0.1, -0.05) is 36.4 Å². The number of amides is 4. The van der Waals surface area contributed by atoms with Crippen molar-refractivity contribution in [3.63, 3.8) is 0 Å². The summed E-state index contributed by atoms with van der Waals surface area (Å²) in [6.45, 7) is 3.15. The van der Waals surface area contributed by atoms with Gasteiger partial charge in [-0.05, 0) is 73.3 Å². The van der Waals surface area contributed by atoms with Crippen LogP contribution < -0.4 is 15.4 Å². The molecule has 0 radical (unpaired) electrons. The molecule has 0 saturated carbocycles. The summed E-state index contributed by atoms with van der Waals surface area (Å²) in [4.78, 5) is 59.4. The number of ether oxygens (including phenoxy) is 1. The number of methoxy groups -OCH3 is 1. The molecule has 2 fully saturated rings. The van der Waals surface area contributed by atoms with Gasteiger partial charge in [0.15, 0.2) is 9.74 Å². The topological polar surface area (TPSA) is 145 Å². The lowest BCUT2D eigenvalue weighted by molar-refractivity contribution is -0.163. The van der Waals surface area contributed by atoms with Crippen molar-refractivity contribution in [2.75, 3.05) is 24.8 Å². The van der Waals surface area contributed by atoms with Crippen molar-refractivity contribution >= 4 is 57.2 Å². The van der Waals surface area contributed by atoms with Crippen LogP contribution in [0.1, 0.15) is 31.9 Å². The first-order valence-corrected chi connectivity index (χ1v) is 15.2. The predicted octanol–water partition coefficient (Wildman–Crippen LogP) is 5.71. The number of anilines is 2. The van der Waals surface area contributed by atoms with E-state index >= 15 is 0 Å². The second-order valence-corrected chi connectivity index (χ2v) is 13.4. The summed E-state index contributed by atoms with van der Waals surface area (Å²) >= 11 is 1.31. The van der Waals surface area contributed by atoms with E-state index in [0.29, 0.717) is 46.3 Å². The number of hydrogen-bond donors (Lipinski definition) is 2.